The van der Waals surface area contributed by atoms with Crippen molar-refractivity contribution in [3.05, 3.63) is 0 Å². The predicted molar refractivity (Wildman–Crippen MR) is 63.6 cm³/mol. The lowest BCUT2D eigenvalue weighted by atomic mass is 9.99. The van der Waals surface area contributed by atoms with Crippen LogP contribution in [0, 0.1) is 0 Å². The van der Waals surface area contributed by atoms with Crippen LogP contribution in [0.25, 0.3) is 0 Å². The third-order valence-corrected chi connectivity index (χ3v) is 2.98. The van der Waals surface area contributed by atoms with Crippen LogP contribution in [-0.2, 0) is 19.0 Å². The van der Waals surface area contributed by atoms with Gasteiger partial charge in [0, 0.05) is 26.0 Å². The summed E-state index contributed by atoms with van der Waals surface area (Å²) in [5.41, 5.74) is 0. The molecular formula is C12H23NO4. The van der Waals surface area contributed by atoms with Gasteiger partial charge in [-0.25, -0.2) is 0 Å². The Morgan fingerprint density at radius 1 is 1.47 bits per heavy atom. The van der Waals surface area contributed by atoms with E-state index in [4.69, 9.17) is 14.2 Å². The normalized spacial score (nSPS) is 33.8. The molecule has 0 aromatic carbocycles. The average molecular weight is 245 g/mol. The maximum atomic E-state index is 11.1. The number of likely N-dealkylation sites (N-methyl/N-ethyl adjacent to an activating group) is 1. The topological polar surface area (TPSA) is 48.0 Å². The van der Waals surface area contributed by atoms with Crippen LogP contribution in [0.1, 0.15) is 27.2 Å². The number of ether oxygens (including phenoxy) is 3. The van der Waals surface area contributed by atoms with Gasteiger partial charge in [0.25, 0.3) is 0 Å². The number of nitrogens with zero attached hydrogens (tertiary/aromatic N) is 1. The maximum Gasteiger partial charge on any atom is 0.303 e. The highest BCUT2D eigenvalue weighted by Gasteiger charge is 2.39. The van der Waals surface area contributed by atoms with Crippen molar-refractivity contribution in [2.24, 2.45) is 0 Å². The smallest absolute Gasteiger partial charge is 0.303 e. The quantitative estimate of drug-likeness (QED) is 0.692. The van der Waals surface area contributed by atoms with Crippen molar-refractivity contribution in [3.8, 4) is 0 Å². The minimum Gasteiger partial charge on any atom is -0.457 e. The van der Waals surface area contributed by atoms with E-state index < -0.39 is 6.29 Å². The van der Waals surface area contributed by atoms with Crippen molar-refractivity contribution in [2.75, 3.05) is 20.7 Å². The first kappa shape index (κ1) is 14.4. The standard InChI is InChI=1S/C12H23NO4/c1-6-15-12-11(17-9(3)14)7-10(13(4)5)8(2)16-12/h8,10-12H,6-7H2,1-5H3/t8-,10+,11+,12-/m0/s1. The molecule has 5 heteroatoms. The van der Waals surface area contributed by atoms with Crippen LogP contribution >= 0.6 is 0 Å². The highest BCUT2D eigenvalue weighted by atomic mass is 16.7. The van der Waals surface area contributed by atoms with E-state index in [0.717, 1.165) is 6.42 Å². The molecule has 1 aliphatic rings. The molecule has 0 bridgehead atoms. The van der Waals surface area contributed by atoms with Crippen molar-refractivity contribution in [1.82, 2.24) is 4.90 Å². The molecule has 1 heterocycles. The van der Waals surface area contributed by atoms with Gasteiger partial charge >= 0.3 is 5.97 Å². The van der Waals surface area contributed by atoms with Crippen LogP contribution in [0.5, 0.6) is 0 Å². The number of carbonyl (C=O) groups excluding carboxylic acids is 1. The summed E-state index contributed by atoms with van der Waals surface area (Å²) >= 11 is 0. The highest BCUT2D eigenvalue weighted by molar-refractivity contribution is 5.66. The molecular weight excluding hydrogens is 222 g/mol. The van der Waals surface area contributed by atoms with E-state index in [1.54, 1.807) is 0 Å². The van der Waals surface area contributed by atoms with E-state index in [1.165, 1.54) is 6.92 Å². The van der Waals surface area contributed by atoms with E-state index in [0.29, 0.717) is 6.61 Å². The molecule has 0 aliphatic carbocycles. The Bertz CT molecular complexity index is 257. The van der Waals surface area contributed by atoms with Gasteiger partial charge in [0.15, 0.2) is 12.4 Å². The molecule has 4 atom stereocenters. The van der Waals surface area contributed by atoms with Crippen LogP contribution in [0.3, 0.4) is 0 Å². The highest BCUT2D eigenvalue weighted by Crippen LogP contribution is 2.26. The summed E-state index contributed by atoms with van der Waals surface area (Å²) in [4.78, 5) is 13.2. The van der Waals surface area contributed by atoms with Crippen LogP contribution in [0.2, 0.25) is 0 Å². The zero-order chi connectivity index (χ0) is 13.0. The molecule has 0 radical (unpaired) electrons. The van der Waals surface area contributed by atoms with Gasteiger partial charge in [-0.15, -0.1) is 0 Å². The molecule has 0 saturated carbocycles. The first-order valence-corrected chi connectivity index (χ1v) is 6.06. The zero-order valence-corrected chi connectivity index (χ0v) is 11.3. The Morgan fingerprint density at radius 3 is 2.59 bits per heavy atom. The summed E-state index contributed by atoms with van der Waals surface area (Å²) in [5, 5.41) is 0. The average Bonchev–Trinajstić information content (AvgIpc) is 2.21. The van der Waals surface area contributed by atoms with Crippen molar-refractivity contribution in [1.29, 1.82) is 0 Å². The van der Waals surface area contributed by atoms with Crippen LogP contribution in [0.4, 0.5) is 0 Å². The molecule has 0 aromatic rings. The summed E-state index contributed by atoms with van der Waals surface area (Å²) in [7, 11) is 3.99. The first-order chi connectivity index (χ1) is 7.95. The van der Waals surface area contributed by atoms with E-state index in [2.05, 4.69) is 4.90 Å². The third kappa shape index (κ3) is 3.94. The molecule has 17 heavy (non-hydrogen) atoms. The molecule has 0 aromatic heterocycles. The second-order valence-corrected chi connectivity index (χ2v) is 4.58. The van der Waals surface area contributed by atoms with Crippen LogP contribution in [0.15, 0.2) is 0 Å². The van der Waals surface area contributed by atoms with Crippen molar-refractivity contribution in [3.63, 3.8) is 0 Å². The Morgan fingerprint density at radius 2 is 2.12 bits per heavy atom. The Balaban J connectivity index is 2.69. The lowest BCUT2D eigenvalue weighted by Crippen LogP contribution is -2.53. The molecule has 0 spiro atoms. The summed E-state index contributed by atoms with van der Waals surface area (Å²) < 4.78 is 16.5. The molecule has 1 aliphatic heterocycles. The number of hydrogen-bond donors (Lipinski definition) is 0. The largest absolute Gasteiger partial charge is 0.457 e. The molecule has 0 N–H and O–H groups in total. The van der Waals surface area contributed by atoms with Crippen LogP contribution < -0.4 is 0 Å². The van der Waals surface area contributed by atoms with Gasteiger partial charge in [-0.3, -0.25) is 4.79 Å². The Kier molecular flexibility index (Phi) is 5.36. The van der Waals surface area contributed by atoms with E-state index >= 15 is 0 Å². The van der Waals surface area contributed by atoms with Gasteiger partial charge in [0.05, 0.1) is 6.10 Å². The van der Waals surface area contributed by atoms with Gasteiger partial charge in [-0.1, -0.05) is 0 Å². The predicted octanol–water partition coefficient (Wildman–Crippen LogP) is 1.02. The lowest BCUT2D eigenvalue weighted by molar-refractivity contribution is -0.255. The maximum absolute atomic E-state index is 11.1. The first-order valence-electron chi connectivity index (χ1n) is 6.06. The van der Waals surface area contributed by atoms with Gasteiger partial charge in [-0.05, 0) is 27.9 Å². The van der Waals surface area contributed by atoms with E-state index in [9.17, 15) is 4.79 Å². The zero-order valence-electron chi connectivity index (χ0n) is 11.3. The summed E-state index contributed by atoms with van der Waals surface area (Å²) in [6, 6.07) is 0.232. The fourth-order valence-electron chi connectivity index (χ4n) is 2.19. The van der Waals surface area contributed by atoms with Crippen molar-refractivity contribution in [2.45, 2.75) is 51.7 Å². The Hall–Kier alpha value is -0.650. The SMILES string of the molecule is CCO[C@H]1O[C@@H](C)[C@H](N(C)C)C[C@H]1OC(C)=O. The molecule has 1 saturated heterocycles. The van der Waals surface area contributed by atoms with Gasteiger partial charge < -0.3 is 19.1 Å². The van der Waals surface area contributed by atoms with Gasteiger partial charge in [-0.2, -0.15) is 0 Å². The number of carbonyl (C=O) groups is 1. The molecule has 1 rings (SSSR count). The minimum atomic E-state index is -0.449. The monoisotopic (exact) mass is 245 g/mol. The van der Waals surface area contributed by atoms with Gasteiger partial charge in [0.1, 0.15) is 0 Å². The third-order valence-electron chi connectivity index (χ3n) is 2.98. The van der Waals surface area contributed by atoms with E-state index in [-0.39, 0.29) is 24.2 Å². The molecule has 1 fully saturated rings. The second-order valence-electron chi connectivity index (χ2n) is 4.58. The van der Waals surface area contributed by atoms with Gasteiger partial charge in [0.2, 0.25) is 0 Å². The Labute approximate surface area is 103 Å². The number of esters is 1. The van der Waals surface area contributed by atoms with Crippen molar-refractivity contribution < 1.29 is 19.0 Å². The summed E-state index contributed by atoms with van der Waals surface area (Å²) in [6.07, 6.45) is 0.0257. The fourth-order valence-corrected chi connectivity index (χ4v) is 2.19. The lowest BCUT2D eigenvalue weighted by Gasteiger charge is -2.41. The number of hydrogen-bond acceptors (Lipinski definition) is 5. The number of rotatable bonds is 4. The molecule has 0 amide bonds. The van der Waals surface area contributed by atoms with Crippen molar-refractivity contribution >= 4 is 5.97 Å². The molecule has 0 unspecified atom stereocenters. The summed E-state index contributed by atoms with van der Waals surface area (Å²) in [6.45, 7) is 5.87. The van der Waals surface area contributed by atoms with Crippen LogP contribution in [-0.4, -0.2) is 56.1 Å². The fraction of sp³-hybridized carbons (Fsp3) is 0.917. The minimum absolute atomic E-state index is 0.0633. The molecule has 100 valence electrons. The second kappa shape index (κ2) is 6.33. The van der Waals surface area contributed by atoms with E-state index in [1.807, 2.05) is 27.9 Å². The molecule has 5 nitrogen and oxygen atoms in total. The summed E-state index contributed by atoms with van der Waals surface area (Å²) in [5.74, 6) is -0.296.